The van der Waals surface area contributed by atoms with Gasteiger partial charge in [0.25, 0.3) is 0 Å². The molecule has 2 heterocycles. The number of hydrogen-bond donors (Lipinski definition) is 1. The minimum absolute atomic E-state index is 0.186. The first-order chi connectivity index (χ1) is 8.75. The molecule has 19 heavy (non-hydrogen) atoms. The molecular formula is C15H19NO3. The maximum Gasteiger partial charge on any atom is 0.231 e. The summed E-state index contributed by atoms with van der Waals surface area (Å²) in [6, 6.07) is 2.03. The lowest BCUT2D eigenvalue weighted by Crippen LogP contribution is -2.53. The summed E-state index contributed by atoms with van der Waals surface area (Å²) in [6.07, 6.45) is 0. The normalized spacial score (nSPS) is 21.8. The van der Waals surface area contributed by atoms with Crippen molar-refractivity contribution < 1.29 is 14.3 Å². The molecule has 0 unspecified atom stereocenters. The fraction of sp³-hybridized carbons (Fsp3) is 0.533. The van der Waals surface area contributed by atoms with Gasteiger partial charge < -0.3 is 14.8 Å². The third-order valence-corrected chi connectivity index (χ3v) is 4.07. The SMILES string of the molecule is Cc1cc2c(c3c1OCO3)NC(C)(C)C(=O)C2(C)C. The van der Waals surface area contributed by atoms with Gasteiger partial charge >= 0.3 is 0 Å². The molecule has 0 atom stereocenters. The zero-order chi connectivity index (χ0) is 14.0. The van der Waals surface area contributed by atoms with Crippen LogP contribution >= 0.6 is 0 Å². The van der Waals surface area contributed by atoms with Crippen molar-refractivity contribution in [1.29, 1.82) is 0 Å². The van der Waals surface area contributed by atoms with Gasteiger partial charge in [-0.25, -0.2) is 0 Å². The van der Waals surface area contributed by atoms with E-state index >= 15 is 0 Å². The summed E-state index contributed by atoms with van der Waals surface area (Å²) in [5.74, 6) is 1.71. The Kier molecular flexibility index (Phi) is 2.23. The van der Waals surface area contributed by atoms with Crippen molar-refractivity contribution in [3.63, 3.8) is 0 Å². The fourth-order valence-electron chi connectivity index (χ4n) is 3.12. The monoisotopic (exact) mass is 261 g/mol. The molecule has 0 bridgehead atoms. The number of aryl methyl sites for hydroxylation is 1. The van der Waals surface area contributed by atoms with Gasteiger partial charge in [-0.1, -0.05) is 0 Å². The lowest BCUT2D eigenvalue weighted by Gasteiger charge is -2.42. The molecule has 0 spiro atoms. The van der Waals surface area contributed by atoms with Gasteiger partial charge in [0.1, 0.15) is 0 Å². The van der Waals surface area contributed by atoms with Crippen molar-refractivity contribution in [2.45, 2.75) is 45.6 Å². The average Bonchev–Trinajstić information content (AvgIpc) is 2.79. The molecule has 0 aliphatic carbocycles. The van der Waals surface area contributed by atoms with E-state index in [0.29, 0.717) is 0 Å². The summed E-state index contributed by atoms with van der Waals surface area (Å²) in [5, 5.41) is 3.31. The van der Waals surface area contributed by atoms with E-state index < -0.39 is 11.0 Å². The molecule has 0 aromatic heterocycles. The molecule has 0 amide bonds. The van der Waals surface area contributed by atoms with E-state index in [1.807, 2.05) is 40.7 Å². The predicted molar refractivity (Wildman–Crippen MR) is 73.0 cm³/mol. The van der Waals surface area contributed by atoms with Crippen LogP contribution in [0.1, 0.15) is 38.8 Å². The summed E-state index contributed by atoms with van der Waals surface area (Å²) >= 11 is 0. The molecule has 1 N–H and O–H groups in total. The summed E-state index contributed by atoms with van der Waals surface area (Å²) in [6.45, 7) is 9.97. The molecule has 102 valence electrons. The number of carbonyl (C=O) groups is 1. The number of anilines is 1. The van der Waals surface area contributed by atoms with Gasteiger partial charge in [-0.2, -0.15) is 0 Å². The smallest absolute Gasteiger partial charge is 0.231 e. The molecule has 0 saturated heterocycles. The third kappa shape index (κ3) is 1.49. The van der Waals surface area contributed by atoms with Crippen LogP contribution in [0.25, 0.3) is 0 Å². The van der Waals surface area contributed by atoms with Crippen LogP contribution in [-0.2, 0) is 10.2 Å². The maximum atomic E-state index is 12.6. The van der Waals surface area contributed by atoms with Crippen molar-refractivity contribution in [3.05, 3.63) is 17.2 Å². The second-order valence-electron chi connectivity index (χ2n) is 6.38. The Morgan fingerprint density at radius 3 is 2.47 bits per heavy atom. The van der Waals surface area contributed by atoms with Gasteiger partial charge in [0, 0.05) is 0 Å². The van der Waals surface area contributed by atoms with E-state index in [9.17, 15) is 4.79 Å². The van der Waals surface area contributed by atoms with Crippen molar-refractivity contribution in [2.24, 2.45) is 0 Å². The molecule has 2 aliphatic heterocycles. The number of benzene rings is 1. The fourth-order valence-corrected chi connectivity index (χ4v) is 3.12. The van der Waals surface area contributed by atoms with Gasteiger partial charge in [-0.05, 0) is 51.8 Å². The Balaban J connectivity index is 2.31. The minimum atomic E-state index is -0.606. The van der Waals surface area contributed by atoms with Crippen LogP contribution in [-0.4, -0.2) is 18.1 Å². The van der Waals surface area contributed by atoms with Crippen molar-refractivity contribution in [2.75, 3.05) is 12.1 Å². The molecule has 4 heteroatoms. The van der Waals surface area contributed by atoms with Crippen molar-refractivity contribution in [1.82, 2.24) is 0 Å². The van der Waals surface area contributed by atoms with E-state index in [0.717, 1.165) is 28.3 Å². The van der Waals surface area contributed by atoms with Gasteiger partial charge in [0.2, 0.25) is 6.79 Å². The standard InChI is InChI=1S/C15H19NO3/c1-8-6-9-10(12-11(8)18-7-19-12)16-15(4,5)13(17)14(9,2)3/h6,16H,7H2,1-5H3. The van der Waals surface area contributed by atoms with Gasteiger partial charge in [0.05, 0.1) is 16.6 Å². The lowest BCUT2D eigenvalue weighted by molar-refractivity contribution is -0.127. The van der Waals surface area contributed by atoms with Gasteiger partial charge in [-0.3, -0.25) is 4.79 Å². The number of ketones is 1. The molecule has 0 fully saturated rings. The average molecular weight is 261 g/mol. The van der Waals surface area contributed by atoms with Crippen LogP contribution in [0.4, 0.5) is 5.69 Å². The second-order valence-corrected chi connectivity index (χ2v) is 6.38. The van der Waals surface area contributed by atoms with Crippen LogP contribution in [0.2, 0.25) is 0 Å². The Hall–Kier alpha value is -1.71. The molecule has 0 radical (unpaired) electrons. The van der Waals surface area contributed by atoms with Crippen LogP contribution in [0.15, 0.2) is 6.07 Å². The molecule has 4 nitrogen and oxygen atoms in total. The Morgan fingerprint density at radius 1 is 1.16 bits per heavy atom. The van der Waals surface area contributed by atoms with E-state index in [1.54, 1.807) is 0 Å². The first-order valence-corrected chi connectivity index (χ1v) is 6.52. The Bertz CT molecular complexity index is 588. The summed E-state index contributed by atoms with van der Waals surface area (Å²) in [7, 11) is 0. The lowest BCUT2D eigenvalue weighted by atomic mass is 9.69. The highest BCUT2D eigenvalue weighted by atomic mass is 16.7. The van der Waals surface area contributed by atoms with E-state index in [4.69, 9.17) is 9.47 Å². The number of ether oxygens (including phenoxy) is 2. The first-order valence-electron chi connectivity index (χ1n) is 6.52. The second kappa shape index (κ2) is 3.44. The zero-order valence-electron chi connectivity index (χ0n) is 12.0. The van der Waals surface area contributed by atoms with E-state index in [-0.39, 0.29) is 12.6 Å². The molecule has 3 rings (SSSR count). The van der Waals surface area contributed by atoms with Crippen molar-refractivity contribution >= 4 is 11.5 Å². The first kappa shape index (κ1) is 12.3. The number of Topliss-reactive ketones (excluding diaryl/α,β-unsaturated/α-hetero) is 1. The van der Waals surface area contributed by atoms with Crippen LogP contribution in [0, 0.1) is 6.92 Å². The number of hydrogen-bond acceptors (Lipinski definition) is 4. The zero-order valence-corrected chi connectivity index (χ0v) is 12.0. The number of fused-ring (bicyclic) bond motifs is 3. The highest BCUT2D eigenvalue weighted by Gasteiger charge is 2.48. The highest BCUT2D eigenvalue weighted by Crippen LogP contribution is 2.51. The van der Waals surface area contributed by atoms with Crippen LogP contribution in [0.3, 0.4) is 0 Å². The van der Waals surface area contributed by atoms with Crippen LogP contribution in [0.5, 0.6) is 11.5 Å². The van der Waals surface area contributed by atoms with E-state index in [1.165, 1.54) is 0 Å². The maximum absolute atomic E-state index is 12.6. The highest BCUT2D eigenvalue weighted by molar-refractivity contribution is 6.03. The Labute approximate surface area is 113 Å². The third-order valence-electron chi connectivity index (χ3n) is 4.07. The number of rotatable bonds is 0. The minimum Gasteiger partial charge on any atom is -0.453 e. The number of nitrogens with one attached hydrogen (secondary N) is 1. The summed E-state index contributed by atoms with van der Waals surface area (Å²) in [4.78, 5) is 12.6. The quantitative estimate of drug-likeness (QED) is 0.780. The predicted octanol–water partition coefficient (Wildman–Crippen LogP) is 2.77. The molecule has 2 aliphatic rings. The molecular weight excluding hydrogens is 242 g/mol. The van der Waals surface area contributed by atoms with Gasteiger partial charge in [-0.15, -0.1) is 0 Å². The topological polar surface area (TPSA) is 47.6 Å². The molecule has 0 saturated carbocycles. The number of carbonyl (C=O) groups excluding carboxylic acids is 1. The molecule has 1 aromatic carbocycles. The van der Waals surface area contributed by atoms with E-state index in [2.05, 4.69) is 5.32 Å². The Morgan fingerprint density at radius 2 is 1.79 bits per heavy atom. The van der Waals surface area contributed by atoms with Crippen LogP contribution < -0.4 is 14.8 Å². The molecule has 1 aromatic rings. The van der Waals surface area contributed by atoms with Gasteiger partial charge in [0.15, 0.2) is 17.3 Å². The summed E-state index contributed by atoms with van der Waals surface area (Å²) in [5.41, 5.74) is 1.75. The summed E-state index contributed by atoms with van der Waals surface area (Å²) < 4.78 is 11.1. The van der Waals surface area contributed by atoms with Crippen molar-refractivity contribution in [3.8, 4) is 11.5 Å². The largest absolute Gasteiger partial charge is 0.453 e.